The van der Waals surface area contributed by atoms with E-state index in [1.807, 2.05) is 7.05 Å². The lowest BCUT2D eigenvalue weighted by Crippen LogP contribution is -2.47. The summed E-state index contributed by atoms with van der Waals surface area (Å²) < 4.78 is 27.0. The molecule has 0 amide bonds. The number of benzene rings is 1. The molecule has 1 N–H and O–H groups in total. The molecule has 27 heavy (non-hydrogen) atoms. The number of sulfonamides is 1. The van der Waals surface area contributed by atoms with E-state index in [0.29, 0.717) is 18.9 Å². The Hall–Kier alpha value is -1.96. The van der Waals surface area contributed by atoms with Gasteiger partial charge in [0.05, 0.1) is 0 Å². The molecule has 1 unspecified atom stereocenters. The Balaban J connectivity index is 1.67. The second-order valence-electron chi connectivity index (χ2n) is 7.05. The Morgan fingerprint density at radius 1 is 1.07 bits per heavy atom. The molecule has 1 aromatic carbocycles. The lowest BCUT2D eigenvalue weighted by atomic mass is 10.1. The summed E-state index contributed by atoms with van der Waals surface area (Å²) in [6.07, 6.45) is 2.47. The Bertz CT molecular complexity index is 843. The highest BCUT2D eigenvalue weighted by atomic mass is 32.2. The van der Waals surface area contributed by atoms with Crippen molar-refractivity contribution in [2.24, 2.45) is 0 Å². The molecule has 3 rings (SSSR count). The standard InChI is InChI=1S/C20H28N4O2S/c1-4-17-5-7-18(8-6-17)16(2)22-20-10-9-19(15-21-20)27(25,26)24-13-11-23(3)12-14-24/h5-10,15-16H,4,11-14H2,1-3H3,(H,21,22). The van der Waals surface area contributed by atoms with Crippen LogP contribution in [0.25, 0.3) is 0 Å². The maximum atomic E-state index is 12.8. The largest absolute Gasteiger partial charge is 0.364 e. The van der Waals surface area contributed by atoms with Crippen LogP contribution in [-0.4, -0.2) is 55.8 Å². The van der Waals surface area contributed by atoms with Crippen molar-refractivity contribution < 1.29 is 8.42 Å². The van der Waals surface area contributed by atoms with Crippen LogP contribution >= 0.6 is 0 Å². The first kappa shape index (κ1) is 19.8. The van der Waals surface area contributed by atoms with Crippen molar-refractivity contribution in [2.75, 3.05) is 38.5 Å². The average molecular weight is 389 g/mol. The van der Waals surface area contributed by atoms with E-state index in [2.05, 4.69) is 53.3 Å². The normalized spacial score (nSPS) is 17.6. The highest BCUT2D eigenvalue weighted by molar-refractivity contribution is 7.89. The Kier molecular flexibility index (Phi) is 6.14. The van der Waals surface area contributed by atoms with Gasteiger partial charge in [0, 0.05) is 38.4 Å². The fourth-order valence-corrected chi connectivity index (χ4v) is 4.51. The van der Waals surface area contributed by atoms with Crippen molar-refractivity contribution in [1.82, 2.24) is 14.2 Å². The van der Waals surface area contributed by atoms with Gasteiger partial charge in [0.1, 0.15) is 10.7 Å². The lowest BCUT2D eigenvalue weighted by molar-refractivity contribution is 0.222. The molecule has 1 aliphatic rings. The summed E-state index contributed by atoms with van der Waals surface area (Å²) in [5, 5.41) is 3.33. The van der Waals surface area contributed by atoms with Gasteiger partial charge in [-0.05, 0) is 43.7 Å². The van der Waals surface area contributed by atoms with Crippen LogP contribution in [0.15, 0.2) is 47.5 Å². The summed E-state index contributed by atoms with van der Waals surface area (Å²) in [5.74, 6) is 0.666. The first-order chi connectivity index (χ1) is 12.9. The number of rotatable bonds is 6. The van der Waals surface area contributed by atoms with Gasteiger partial charge in [-0.15, -0.1) is 0 Å². The molecular formula is C20H28N4O2S. The van der Waals surface area contributed by atoms with Crippen LogP contribution < -0.4 is 5.32 Å². The van der Waals surface area contributed by atoms with Crippen molar-refractivity contribution in [3.63, 3.8) is 0 Å². The van der Waals surface area contributed by atoms with Crippen molar-refractivity contribution in [1.29, 1.82) is 0 Å². The van der Waals surface area contributed by atoms with E-state index in [9.17, 15) is 8.42 Å². The summed E-state index contributed by atoms with van der Waals surface area (Å²) in [6.45, 7) is 6.74. The number of hydrogen-bond donors (Lipinski definition) is 1. The van der Waals surface area contributed by atoms with Gasteiger partial charge >= 0.3 is 0 Å². The zero-order valence-electron chi connectivity index (χ0n) is 16.2. The molecule has 2 heterocycles. The summed E-state index contributed by atoms with van der Waals surface area (Å²) in [6, 6.07) is 11.9. The van der Waals surface area contributed by atoms with Crippen LogP contribution in [0.1, 0.15) is 31.0 Å². The van der Waals surface area contributed by atoms with Gasteiger partial charge in [0.15, 0.2) is 0 Å². The summed E-state index contributed by atoms with van der Waals surface area (Å²) >= 11 is 0. The molecule has 146 valence electrons. The number of nitrogens with one attached hydrogen (secondary N) is 1. The van der Waals surface area contributed by atoms with Crippen LogP contribution in [0.4, 0.5) is 5.82 Å². The molecule has 0 spiro atoms. The zero-order chi connectivity index (χ0) is 19.4. The fraction of sp³-hybridized carbons (Fsp3) is 0.450. The van der Waals surface area contributed by atoms with Crippen LogP contribution in [0.2, 0.25) is 0 Å². The van der Waals surface area contributed by atoms with Gasteiger partial charge in [0.2, 0.25) is 10.0 Å². The predicted molar refractivity (Wildman–Crippen MR) is 108 cm³/mol. The minimum absolute atomic E-state index is 0.0866. The molecule has 2 aromatic rings. The molecule has 1 aromatic heterocycles. The lowest BCUT2D eigenvalue weighted by Gasteiger charge is -2.31. The first-order valence-corrected chi connectivity index (χ1v) is 10.8. The van der Waals surface area contributed by atoms with Crippen molar-refractivity contribution >= 4 is 15.8 Å². The molecule has 1 fully saturated rings. The SMILES string of the molecule is CCc1ccc(C(C)Nc2ccc(S(=O)(=O)N3CCN(C)CC3)cn2)cc1. The summed E-state index contributed by atoms with van der Waals surface area (Å²) in [4.78, 5) is 6.71. The molecule has 0 saturated carbocycles. The average Bonchev–Trinajstić information content (AvgIpc) is 2.69. The maximum absolute atomic E-state index is 12.8. The van der Waals surface area contributed by atoms with E-state index in [-0.39, 0.29) is 10.9 Å². The topological polar surface area (TPSA) is 65.5 Å². The second-order valence-corrected chi connectivity index (χ2v) is 8.99. The van der Waals surface area contributed by atoms with Gasteiger partial charge < -0.3 is 10.2 Å². The Labute approximate surface area is 162 Å². The third-order valence-corrected chi connectivity index (χ3v) is 6.97. The molecule has 1 atom stereocenters. The molecule has 1 aliphatic heterocycles. The van der Waals surface area contributed by atoms with Crippen LogP contribution in [0.3, 0.4) is 0 Å². The molecule has 6 nitrogen and oxygen atoms in total. The number of hydrogen-bond acceptors (Lipinski definition) is 5. The molecule has 0 aliphatic carbocycles. The number of aryl methyl sites for hydroxylation is 1. The minimum Gasteiger partial charge on any atom is -0.364 e. The summed E-state index contributed by atoms with van der Waals surface area (Å²) in [5.41, 5.74) is 2.48. The number of anilines is 1. The van der Waals surface area contributed by atoms with Crippen molar-refractivity contribution in [3.05, 3.63) is 53.7 Å². The van der Waals surface area contributed by atoms with Gasteiger partial charge in [0.25, 0.3) is 0 Å². The smallest absolute Gasteiger partial charge is 0.244 e. The third-order valence-electron chi connectivity index (χ3n) is 5.09. The van der Waals surface area contributed by atoms with Gasteiger partial charge in [-0.25, -0.2) is 13.4 Å². The number of piperazine rings is 1. The summed E-state index contributed by atoms with van der Waals surface area (Å²) in [7, 11) is -1.47. The van der Waals surface area contributed by atoms with E-state index in [0.717, 1.165) is 19.5 Å². The number of pyridine rings is 1. The zero-order valence-corrected chi connectivity index (χ0v) is 17.0. The van der Waals surface area contributed by atoms with E-state index in [4.69, 9.17) is 0 Å². The molecule has 0 radical (unpaired) electrons. The highest BCUT2D eigenvalue weighted by Gasteiger charge is 2.27. The van der Waals surface area contributed by atoms with Gasteiger partial charge in [-0.3, -0.25) is 0 Å². The number of aromatic nitrogens is 1. The Morgan fingerprint density at radius 3 is 2.30 bits per heavy atom. The van der Waals surface area contributed by atoms with Crippen molar-refractivity contribution in [3.8, 4) is 0 Å². The minimum atomic E-state index is -3.47. The van der Waals surface area contributed by atoms with Crippen molar-refractivity contribution in [2.45, 2.75) is 31.2 Å². The van der Waals surface area contributed by atoms with Crippen LogP contribution in [0.5, 0.6) is 0 Å². The Morgan fingerprint density at radius 2 is 1.74 bits per heavy atom. The van der Waals surface area contributed by atoms with E-state index >= 15 is 0 Å². The predicted octanol–water partition coefficient (Wildman–Crippen LogP) is 2.75. The maximum Gasteiger partial charge on any atom is 0.244 e. The molecule has 1 saturated heterocycles. The van der Waals surface area contributed by atoms with Crippen LogP contribution in [0, 0.1) is 0 Å². The van der Waals surface area contributed by atoms with E-state index < -0.39 is 10.0 Å². The molecule has 0 bridgehead atoms. The van der Waals surface area contributed by atoms with Gasteiger partial charge in [-0.1, -0.05) is 31.2 Å². The van der Waals surface area contributed by atoms with Crippen LogP contribution in [-0.2, 0) is 16.4 Å². The number of nitrogens with zero attached hydrogens (tertiary/aromatic N) is 3. The quantitative estimate of drug-likeness (QED) is 0.824. The van der Waals surface area contributed by atoms with E-state index in [1.54, 1.807) is 12.1 Å². The second kappa shape index (κ2) is 8.37. The number of likely N-dealkylation sites (N-methyl/N-ethyl adjacent to an activating group) is 1. The third kappa shape index (κ3) is 4.66. The first-order valence-electron chi connectivity index (χ1n) is 9.40. The molecular weight excluding hydrogens is 360 g/mol. The van der Waals surface area contributed by atoms with E-state index in [1.165, 1.54) is 21.6 Å². The molecule has 7 heteroatoms. The monoisotopic (exact) mass is 388 g/mol. The fourth-order valence-electron chi connectivity index (χ4n) is 3.14. The highest BCUT2D eigenvalue weighted by Crippen LogP contribution is 2.21. The van der Waals surface area contributed by atoms with Gasteiger partial charge in [-0.2, -0.15) is 4.31 Å².